The summed E-state index contributed by atoms with van der Waals surface area (Å²) in [4.78, 5) is 11.3. The predicted octanol–water partition coefficient (Wildman–Crippen LogP) is 5.94. The molecule has 4 nitrogen and oxygen atoms in total. The molecule has 1 saturated heterocycles. The number of hydrogen-bond acceptors (Lipinski definition) is 4. The zero-order valence-corrected chi connectivity index (χ0v) is 21.1. The number of fused-ring (bicyclic) bond motifs is 1. The van der Waals surface area contributed by atoms with Gasteiger partial charge in [0.25, 0.3) is 0 Å². The highest BCUT2D eigenvalue weighted by atomic mass is 127. The van der Waals surface area contributed by atoms with Crippen molar-refractivity contribution in [3.05, 3.63) is 12.2 Å². The van der Waals surface area contributed by atoms with Crippen LogP contribution in [0.5, 0.6) is 0 Å². The predicted molar refractivity (Wildman–Crippen MR) is 122 cm³/mol. The van der Waals surface area contributed by atoms with Gasteiger partial charge >= 0.3 is 12.1 Å². The van der Waals surface area contributed by atoms with Gasteiger partial charge in [0.15, 0.2) is 0 Å². The van der Waals surface area contributed by atoms with E-state index in [1.54, 1.807) is 6.08 Å². The first kappa shape index (κ1) is 27.8. The highest BCUT2D eigenvalue weighted by molar-refractivity contribution is 14.1. The molecule has 0 bridgehead atoms. The van der Waals surface area contributed by atoms with E-state index in [0.29, 0.717) is 38.5 Å². The third-order valence-corrected chi connectivity index (χ3v) is 8.39. The van der Waals surface area contributed by atoms with Gasteiger partial charge < -0.3 is 14.6 Å². The third kappa shape index (κ3) is 6.37. The van der Waals surface area contributed by atoms with Gasteiger partial charge in [-0.3, -0.25) is 4.79 Å². The summed E-state index contributed by atoms with van der Waals surface area (Å²) in [6, 6.07) is 0. The SMILES string of the molecule is CCCCC(C)([C@H](O)/C=C/[C@H]1CC[C@H]2O[C@@H](C(I)CCCC(=O)OC)C(F)[C@H]12)C(F)(F)F. The topological polar surface area (TPSA) is 55.8 Å². The van der Waals surface area contributed by atoms with Crippen LogP contribution in [0.2, 0.25) is 0 Å². The molecule has 0 radical (unpaired) electrons. The summed E-state index contributed by atoms with van der Waals surface area (Å²) >= 11 is 2.15. The number of methoxy groups -OCH3 is 1. The van der Waals surface area contributed by atoms with Gasteiger partial charge in [-0.2, -0.15) is 13.2 Å². The number of carbonyl (C=O) groups excluding carboxylic acids is 1. The molecule has 0 amide bonds. The Balaban J connectivity index is 2.01. The van der Waals surface area contributed by atoms with Gasteiger partial charge in [0, 0.05) is 16.3 Å². The van der Waals surface area contributed by atoms with Gasteiger partial charge in [0.1, 0.15) is 12.3 Å². The average Bonchev–Trinajstić information content (AvgIpc) is 3.29. The lowest BCUT2D eigenvalue weighted by Crippen LogP contribution is -2.44. The Morgan fingerprint density at radius 1 is 1.31 bits per heavy atom. The third-order valence-electron chi connectivity index (χ3n) is 7.06. The molecule has 1 heterocycles. The minimum Gasteiger partial charge on any atom is -0.469 e. The van der Waals surface area contributed by atoms with Gasteiger partial charge in [-0.25, -0.2) is 4.39 Å². The molecule has 32 heavy (non-hydrogen) atoms. The van der Waals surface area contributed by atoms with Crippen molar-refractivity contribution >= 4 is 28.6 Å². The van der Waals surface area contributed by atoms with Crippen LogP contribution in [-0.2, 0) is 14.3 Å². The first-order valence-electron chi connectivity index (χ1n) is 11.4. The zero-order valence-electron chi connectivity index (χ0n) is 18.9. The van der Waals surface area contributed by atoms with E-state index in [1.807, 2.05) is 6.92 Å². The summed E-state index contributed by atoms with van der Waals surface area (Å²) in [7, 11) is 1.33. The summed E-state index contributed by atoms with van der Waals surface area (Å²) in [5, 5.41) is 10.4. The molecule has 8 atom stereocenters. The van der Waals surface area contributed by atoms with Crippen LogP contribution < -0.4 is 0 Å². The van der Waals surface area contributed by atoms with Crippen molar-refractivity contribution in [1.29, 1.82) is 0 Å². The Morgan fingerprint density at radius 2 is 2.00 bits per heavy atom. The molecule has 0 aromatic carbocycles. The fraction of sp³-hybridized carbons (Fsp3) is 0.870. The van der Waals surface area contributed by atoms with E-state index in [2.05, 4.69) is 27.3 Å². The fourth-order valence-corrected chi connectivity index (χ4v) is 5.80. The highest BCUT2D eigenvalue weighted by Gasteiger charge is 2.55. The van der Waals surface area contributed by atoms with Crippen LogP contribution in [0.25, 0.3) is 0 Å². The summed E-state index contributed by atoms with van der Waals surface area (Å²) in [5.74, 6) is -0.991. The van der Waals surface area contributed by atoms with Crippen molar-refractivity contribution in [3.63, 3.8) is 0 Å². The minimum absolute atomic E-state index is 0.115. The molecule has 2 rings (SSSR count). The molecule has 1 saturated carbocycles. The van der Waals surface area contributed by atoms with Gasteiger partial charge in [-0.1, -0.05) is 54.5 Å². The lowest BCUT2D eigenvalue weighted by molar-refractivity contribution is -0.244. The van der Waals surface area contributed by atoms with Crippen LogP contribution >= 0.6 is 22.6 Å². The van der Waals surface area contributed by atoms with Crippen molar-refractivity contribution in [2.24, 2.45) is 17.3 Å². The van der Waals surface area contributed by atoms with E-state index in [1.165, 1.54) is 13.2 Å². The average molecular weight is 578 g/mol. The molecule has 1 aliphatic carbocycles. The lowest BCUT2D eigenvalue weighted by Gasteiger charge is -2.35. The number of unbranched alkanes of at least 4 members (excludes halogenated alkanes) is 1. The van der Waals surface area contributed by atoms with Gasteiger partial charge in [0.2, 0.25) is 0 Å². The molecule has 186 valence electrons. The van der Waals surface area contributed by atoms with Crippen molar-refractivity contribution in [1.82, 2.24) is 0 Å². The smallest absolute Gasteiger partial charge is 0.397 e. The summed E-state index contributed by atoms with van der Waals surface area (Å²) in [6.07, 6.45) is -2.00. The van der Waals surface area contributed by atoms with E-state index >= 15 is 4.39 Å². The van der Waals surface area contributed by atoms with Crippen molar-refractivity contribution in [3.8, 4) is 0 Å². The van der Waals surface area contributed by atoms with E-state index in [-0.39, 0.29) is 34.8 Å². The second-order valence-corrected chi connectivity index (χ2v) is 10.8. The Hall–Kier alpha value is -0.420. The minimum atomic E-state index is -4.53. The lowest BCUT2D eigenvalue weighted by atomic mass is 9.78. The first-order chi connectivity index (χ1) is 15.0. The monoisotopic (exact) mass is 578 g/mol. The molecule has 3 unspecified atom stereocenters. The first-order valence-corrected chi connectivity index (χ1v) is 12.6. The van der Waals surface area contributed by atoms with Crippen LogP contribution in [0.4, 0.5) is 17.6 Å². The molecule has 1 aliphatic heterocycles. The van der Waals surface area contributed by atoms with E-state index in [0.717, 1.165) is 6.92 Å². The van der Waals surface area contributed by atoms with Crippen LogP contribution in [0.3, 0.4) is 0 Å². The van der Waals surface area contributed by atoms with Crippen LogP contribution in [-0.4, -0.2) is 52.8 Å². The largest absolute Gasteiger partial charge is 0.469 e. The van der Waals surface area contributed by atoms with Gasteiger partial charge in [-0.05, 0) is 44.9 Å². The van der Waals surface area contributed by atoms with Crippen LogP contribution in [0, 0.1) is 17.3 Å². The molecule has 0 spiro atoms. The van der Waals surface area contributed by atoms with Crippen molar-refractivity contribution in [2.75, 3.05) is 7.11 Å². The molecule has 0 aromatic rings. The maximum Gasteiger partial charge on any atom is 0.397 e. The Labute approximate surface area is 201 Å². The number of allylic oxidation sites excluding steroid dienone is 1. The van der Waals surface area contributed by atoms with Crippen molar-refractivity contribution in [2.45, 2.75) is 99.8 Å². The van der Waals surface area contributed by atoms with Crippen LogP contribution in [0.15, 0.2) is 12.2 Å². The van der Waals surface area contributed by atoms with Crippen LogP contribution in [0.1, 0.15) is 65.2 Å². The molecule has 9 heteroatoms. The summed E-state index contributed by atoms with van der Waals surface area (Å²) < 4.78 is 66.8. The molecule has 0 aromatic heterocycles. The summed E-state index contributed by atoms with van der Waals surface area (Å²) in [6.45, 7) is 2.86. The highest BCUT2D eigenvalue weighted by Crippen LogP contribution is 2.49. The molecule has 2 aliphatic rings. The number of hydrogen-bond donors (Lipinski definition) is 1. The number of alkyl halides is 5. The quantitative estimate of drug-likeness (QED) is 0.108. The van der Waals surface area contributed by atoms with Gasteiger partial charge in [0.05, 0.1) is 24.7 Å². The number of rotatable bonds is 11. The number of ether oxygens (including phenoxy) is 2. The number of esters is 1. The van der Waals surface area contributed by atoms with E-state index in [9.17, 15) is 23.1 Å². The van der Waals surface area contributed by atoms with Gasteiger partial charge in [-0.15, -0.1) is 0 Å². The Bertz CT molecular complexity index is 644. The number of aliphatic hydroxyl groups excluding tert-OH is 1. The summed E-state index contributed by atoms with van der Waals surface area (Å²) in [5.41, 5.74) is -2.23. The molecule has 1 N–H and O–H groups in total. The second-order valence-electron chi connectivity index (χ2n) is 9.24. The molecular weight excluding hydrogens is 543 g/mol. The Kier molecular flexibility index (Phi) is 10.3. The molecular formula is C23H35F4IO4. The number of halogens is 5. The molecule has 2 fully saturated rings. The maximum atomic E-state index is 15.3. The van der Waals surface area contributed by atoms with E-state index < -0.39 is 35.9 Å². The normalized spacial score (nSPS) is 32.0. The fourth-order valence-electron chi connectivity index (χ4n) is 4.79. The zero-order chi connectivity index (χ0) is 24.1. The maximum absolute atomic E-state index is 15.3. The Morgan fingerprint density at radius 3 is 2.59 bits per heavy atom. The number of carbonyl (C=O) groups is 1. The second kappa shape index (κ2) is 11.8. The number of aliphatic hydroxyl groups is 1. The standard InChI is InChI=1S/C23H35F4IO4/c1-4-5-13-22(2,23(25,26)27)17(29)12-10-14-9-11-16-19(14)20(24)21(32-16)15(28)7-6-8-18(30)31-3/h10,12,14-17,19-21,29H,4-9,11,13H2,1-3H3/b12-10+/t14-,15?,16-,17-,19-,20?,21+,22?/m1/s1. The van der Waals surface area contributed by atoms with Crippen molar-refractivity contribution < 1.29 is 36.9 Å². The van der Waals surface area contributed by atoms with E-state index in [4.69, 9.17) is 4.74 Å².